The Balaban J connectivity index is 1.85. The number of rotatable bonds is 11. The third kappa shape index (κ3) is 6.19. The van der Waals surface area contributed by atoms with Gasteiger partial charge in [-0.25, -0.2) is 0 Å². The Kier molecular flexibility index (Phi) is 8.96. The van der Waals surface area contributed by atoms with Crippen LogP contribution in [0.4, 0.5) is 0 Å². The van der Waals surface area contributed by atoms with Gasteiger partial charge in [0.1, 0.15) is 11.5 Å². The molecule has 30 heavy (non-hydrogen) atoms. The van der Waals surface area contributed by atoms with E-state index >= 15 is 0 Å². The zero-order valence-corrected chi connectivity index (χ0v) is 18.1. The summed E-state index contributed by atoms with van der Waals surface area (Å²) in [5.74, 6) is 1.69. The lowest BCUT2D eigenvalue weighted by molar-refractivity contribution is 0.0472. The van der Waals surface area contributed by atoms with E-state index in [1.807, 2.05) is 36.4 Å². The number of methoxy groups -OCH3 is 2. The van der Waals surface area contributed by atoms with E-state index in [1.54, 1.807) is 14.2 Å². The summed E-state index contributed by atoms with van der Waals surface area (Å²) in [5.41, 5.74) is 8.83. The number of hydrogen-bond acceptors (Lipinski definition) is 6. The van der Waals surface area contributed by atoms with Crippen LogP contribution in [0, 0.1) is 0 Å². The summed E-state index contributed by atoms with van der Waals surface area (Å²) in [4.78, 5) is 2.47. The molecule has 0 bridgehead atoms. The number of nitrogens with two attached hydrogens (primary N) is 1. The SMILES string of the molecule is COCOc1ccccc1CN(Cc1ccccc1OCOC)C1CCCCC1N. The maximum Gasteiger partial charge on any atom is 0.188 e. The van der Waals surface area contributed by atoms with Gasteiger partial charge < -0.3 is 24.7 Å². The monoisotopic (exact) mass is 414 g/mol. The Bertz CT molecular complexity index is 717. The van der Waals surface area contributed by atoms with E-state index in [2.05, 4.69) is 17.0 Å². The topological polar surface area (TPSA) is 66.2 Å². The highest BCUT2D eigenvalue weighted by molar-refractivity contribution is 5.35. The van der Waals surface area contributed by atoms with Crippen molar-refractivity contribution in [1.29, 1.82) is 0 Å². The first-order chi connectivity index (χ1) is 14.7. The molecule has 1 aliphatic carbocycles. The van der Waals surface area contributed by atoms with Gasteiger partial charge in [-0.1, -0.05) is 49.2 Å². The predicted octanol–water partition coefficient (Wildman–Crippen LogP) is 3.92. The smallest absolute Gasteiger partial charge is 0.188 e. The minimum absolute atomic E-state index is 0.165. The van der Waals surface area contributed by atoms with E-state index in [4.69, 9.17) is 24.7 Å². The summed E-state index contributed by atoms with van der Waals surface area (Å²) >= 11 is 0. The number of hydrogen-bond donors (Lipinski definition) is 1. The van der Waals surface area contributed by atoms with Crippen molar-refractivity contribution in [2.24, 2.45) is 5.73 Å². The molecule has 0 heterocycles. The van der Waals surface area contributed by atoms with Crippen LogP contribution in [0.2, 0.25) is 0 Å². The standard InChI is InChI=1S/C24H34N2O4/c1-27-17-29-23-13-7-3-9-19(23)15-26(22-12-6-5-11-21(22)25)16-20-10-4-8-14-24(20)30-18-28-2/h3-4,7-10,13-14,21-22H,5-6,11-12,15-18,25H2,1-2H3. The number of ether oxygens (including phenoxy) is 4. The van der Waals surface area contributed by atoms with Crippen LogP contribution in [0.1, 0.15) is 36.8 Å². The number of nitrogens with zero attached hydrogens (tertiary/aromatic N) is 1. The molecule has 0 saturated heterocycles. The molecule has 0 aliphatic heterocycles. The zero-order chi connectivity index (χ0) is 21.2. The molecule has 164 valence electrons. The van der Waals surface area contributed by atoms with Gasteiger partial charge in [0.15, 0.2) is 13.6 Å². The van der Waals surface area contributed by atoms with Crippen LogP contribution in [-0.4, -0.2) is 44.8 Å². The molecule has 1 saturated carbocycles. The number of benzene rings is 2. The largest absolute Gasteiger partial charge is 0.467 e. The zero-order valence-electron chi connectivity index (χ0n) is 18.1. The molecule has 1 fully saturated rings. The van der Waals surface area contributed by atoms with Crippen LogP contribution in [0.3, 0.4) is 0 Å². The lowest BCUT2D eigenvalue weighted by atomic mass is 9.89. The molecule has 0 aromatic heterocycles. The third-order valence-corrected chi connectivity index (χ3v) is 5.61. The Labute approximate surface area is 179 Å². The molecule has 2 aromatic rings. The van der Waals surface area contributed by atoms with Crippen LogP contribution in [-0.2, 0) is 22.6 Å². The maximum atomic E-state index is 6.58. The Morgan fingerprint density at radius 2 is 1.30 bits per heavy atom. The van der Waals surface area contributed by atoms with Crippen LogP contribution < -0.4 is 15.2 Å². The summed E-state index contributed by atoms with van der Waals surface area (Å²) in [6, 6.07) is 16.7. The molecular formula is C24H34N2O4. The molecule has 3 rings (SSSR count). The van der Waals surface area contributed by atoms with Crippen molar-refractivity contribution in [3.8, 4) is 11.5 Å². The van der Waals surface area contributed by atoms with Crippen LogP contribution in [0.15, 0.2) is 48.5 Å². The highest BCUT2D eigenvalue weighted by atomic mass is 16.7. The fourth-order valence-electron chi connectivity index (χ4n) is 4.12. The fraction of sp³-hybridized carbons (Fsp3) is 0.500. The van der Waals surface area contributed by atoms with Gasteiger partial charge in [-0.05, 0) is 25.0 Å². The molecule has 2 unspecified atom stereocenters. The van der Waals surface area contributed by atoms with E-state index in [0.29, 0.717) is 6.04 Å². The molecular weight excluding hydrogens is 380 g/mol. The first-order valence-electron chi connectivity index (χ1n) is 10.6. The van der Waals surface area contributed by atoms with Crippen molar-refractivity contribution >= 4 is 0 Å². The lowest BCUT2D eigenvalue weighted by Gasteiger charge is -2.39. The van der Waals surface area contributed by atoms with Gasteiger partial charge in [0.2, 0.25) is 0 Å². The highest BCUT2D eigenvalue weighted by Crippen LogP contribution is 2.30. The lowest BCUT2D eigenvalue weighted by Crippen LogP contribution is -2.49. The molecule has 0 spiro atoms. The van der Waals surface area contributed by atoms with Crippen molar-refractivity contribution in [2.45, 2.75) is 50.9 Å². The second-order valence-electron chi connectivity index (χ2n) is 7.74. The average Bonchev–Trinajstić information content (AvgIpc) is 2.78. The summed E-state index contributed by atoms with van der Waals surface area (Å²) in [6.07, 6.45) is 4.57. The second kappa shape index (κ2) is 11.9. The molecule has 2 N–H and O–H groups in total. The van der Waals surface area contributed by atoms with E-state index in [1.165, 1.54) is 12.8 Å². The van der Waals surface area contributed by atoms with Gasteiger partial charge in [0.25, 0.3) is 0 Å². The quantitative estimate of drug-likeness (QED) is 0.562. The van der Waals surface area contributed by atoms with Gasteiger partial charge in [-0.15, -0.1) is 0 Å². The van der Waals surface area contributed by atoms with Crippen molar-refractivity contribution in [2.75, 3.05) is 27.8 Å². The van der Waals surface area contributed by atoms with Crippen molar-refractivity contribution < 1.29 is 18.9 Å². The van der Waals surface area contributed by atoms with Crippen molar-refractivity contribution in [3.05, 3.63) is 59.7 Å². The van der Waals surface area contributed by atoms with Gasteiger partial charge in [-0.3, -0.25) is 4.90 Å². The van der Waals surface area contributed by atoms with Gasteiger partial charge in [0, 0.05) is 50.5 Å². The molecule has 0 amide bonds. The van der Waals surface area contributed by atoms with E-state index in [-0.39, 0.29) is 19.6 Å². The molecule has 0 radical (unpaired) electrons. The minimum atomic E-state index is 0.165. The third-order valence-electron chi connectivity index (χ3n) is 5.61. The first-order valence-corrected chi connectivity index (χ1v) is 10.6. The summed E-state index contributed by atoms with van der Waals surface area (Å²) in [5, 5.41) is 0. The highest BCUT2D eigenvalue weighted by Gasteiger charge is 2.29. The normalized spacial score (nSPS) is 19.1. The van der Waals surface area contributed by atoms with Crippen LogP contribution >= 0.6 is 0 Å². The molecule has 1 aliphatic rings. The Morgan fingerprint density at radius 1 is 0.800 bits per heavy atom. The van der Waals surface area contributed by atoms with E-state index in [0.717, 1.165) is 48.6 Å². The molecule has 6 heteroatoms. The number of para-hydroxylation sites is 2. The van der Waals surface area contributed by atoms with Gasteiger partial charge in [-0.2, -0.15) is 0 Å². The van der Waals surface area contributed by atoms with E-state index < -0.39 is 0 Å². The Morgan fingerprint density at radius 3 is 1.80 bits per heavy atom. The fourth-order valence-corrected chi connectivity index (χ4v) is 4.12. The molecule has 2 atom stereocenters. The second-order valence-corrected chi connectivity index (χ2v) is 7.74. The average molecular weight is 415 g/mol. The summed E-state index contributed by atoms with van der Waals surface area (Å²) in [7, 11) is 3.26. The minimum Gasteiger partial charge on any atom is -0.467 e. The summed E-state index contributed by atoms with van der Waals surface area (Å²) in [6.45, 7) is 1.95. The molecule has 6 nitrogen and oxygen atoms in total. The Hall–Kier alpha value is -2.12. The van der Waals surface area contributed by atoms with Crippen LogP contribution in [0.25, 0.3) is 0 Å². The van der Waals surface area contributed by atoms with Gasteiger partial charge >= 0.3 is 0 Å². The predicted molar refractivity (Wildman–Crippen MR) is 117 cm³/mol. The first kappa shape index (κ1) is 22.6. The summed E-state index contributed by atoms with van der Waals surface area (Å²) < 4.78 is 21.8. The molecule has 2 aromatic carbocycles. The van der Waals surface area contributed by atoms with Gasteiger partial charge in [0.05, 0.1) is 0 Å². The van der Waals surface area contributed by atoms with Crippen molar-refractivity contribution in [3.63, 3.8) is 0 Å². The van der Waals surface area contributed by atoms with E-state index in [9.17, 15) is 0 Å². The van der Waals surface area contributed by atoms with Crippen LogP contribution in [0.5, 0.6) is 11.5 Å². The maximum absolute atomic E-state index is 6.58. The van der Waals surface area contributed by atoms with Crippen molar-refractivity contribution in [1.82, 2.24) is 4.90 Å².